The molecule has 0 spiro atoms. The van der Waals surface area contributed by atoms with Crippen molar-refractivity contribution in [2.75, 3.05) is 0 Å². The summed E-state index contributed by atoms with van der Waals surface area (Å²) in [7, 11) is 0. The minimum Gasteiger partial charge on any atom is -0.310 e. The number of rotatable bonds is 2. The third kappa shape index (κ3) is 2.30. The van der Waals surface area contributed by atoms with Crippen molar-refractivity contribution in [3.63, 3.8) is 0 Å². The highest BCUT2D eigenvalue weighted by molar-refractivity contribution is 6.30. The lowest BCUT2D eigenvalue weighted by Gasteiger charge is -2.16. The molecule has 0 unspecified atom stereocenters. The average Bonchev–Trinajstić information content (AvgIpc) is 3.06. The molecular formula is C17H17ClN2O. The lowest BCUT2D eigenvalue weighted by molar-refractivity contribution is 0.605. The van der Waals surface area contributed by atoms with E-state index in [2.05, 4.69) is 9.97 Å². The smallest absolute Gasteiger partial charge is 0.259 e. The lowest BCUT2D eigenvalue weighted by atomic mass is 9.92. The number of aromatic amines is 1. The van der Waals surface area contributed by atoms with Crippen molar-refractivity contribution < 1.29 is 0 Å². The summed E-state index contributed by atoms with van der Waals surface area (Å²) in [6.45, 7) is 1.85. The molecule has 4 rings (SSSR count). The monoisotopic (exact) mass is 300 g/mol. The molecule has 2 aliphatic rings. The second-order valence-corrected chi connectivity index (χ2v) is 6.78. The fourth-order valence-corrected chi connectivity index (χ4v) is 3.86. The fraction of sp³-hybridized carbons (Fsp3) is 0.412. The molecule has 2 fully saturated rings. The van der Waals surface area contributed by atoms with E-state index in [1.807, 2.05) is 31.2 Å². The van der Waals surface area contributed by atoms with Crippen molar-refractivity contribution in [3.05, 3.63) is 51.2 Å². The summed E-state index contributed by atoms with van der Waals surface area (Å²) < 4.78 is 0. The maximum absolute atomic E-state index is 12.5. The molecule has 1 aromatic heterocycles. The van der Waals surface area contributed by atoms with Crippen molar-refractivity contribution in [3.8, 4) is 11.1 Å². The van der Waals surface area contributed by atoms with E-state index in [0.717, 1.165) is 28.7 Å². The first-order valence-corrected chi connectivity index (χ1v) is 7.86. The van der Waals surface area contributed by atoms with Crippen molar-refractivity contribution >= 4 is 11.6 Å². The Morgan fingerprint density at radius 2 is 1.81 bits per heavy atom. The molecule has 0 aliphatic heterocycles. The van der Waals surface area contributed by atoms with Crippen LogP contribution in [0.2, 0.25) is 5.02 Å². The van der Waals surface area contributed by atoms with Gasteiger partial charge in [0.2, 0.25) is 0 Å². The minimum absolute atomic E-state index is 0.0413. The Labute approximate surface area is 128 Å². The van der Waals surface area contributed by atoms with E-state index >= 15 is 0 Å². The van der Waals surface area contributed by atoms with Gasteiger partial charge in [0.15, 0.2) is 0 Å². The Balaban J connectivity index is 1.84. The molecule has 1 aromatic carbocycles. The standard InChI is InChI=1S/C17H17ClN2O/c1-9-19-16(13-7-11-6-12(11)8-13)15(17(21)20-9)10-2-4-14(18)5-3-10/h2-5,11-13H,6-8H2,1H3,(H,19,20,21)/t11-,12+,13-. The number of hydrogen-bond acceptors (Lipinski definition) is 2. The van der Waals surface area contributed by atoms with Gasteiger partial charge in [-0.05, 0) is 55.7 Å². The van der Waals surface area contributed by atoms with Crippen molar-refractivity contribution in [1.29, 1.82) is 0 Å². The summed E-state index contributed by atoms with van der Waals surface area (Å²) in [6.07, 6.45) is 3.73. The molecule has 2 saturated carbocycles. The number of hydrogen-bond donors (Lipinski definition) is 1. The van der Waals surface area contributed by atoms with Crippen LogP contribution in [0, 0.1) is 18.8 Å². The van der Waals surface area contributed by atoms with E-state index in [9.17, 15) is 4.79 Å². The summed E-state index contributed by atoms with van der Waals surface area (Å²) in [5, 5.41) is 0.680. The second kappa shape index (κ2) is 4.70. The number of nitrogens with one attached hydrogen (secondary N) is 1. The maximum Gasteiger partial charge on any atom is 0.259 e. The van der Waals surface area contributed by atoms with Crippen LogP contribution in [-0.2, 0) is 0 Å². The van der Waals surface area contributed by atoms with Crippen LogP contribution in [0.25, 0.3) is 11.1 Å². The number of benzene rings is 1. The van der Waals surface area contributed by atoms with Crippen LogP contribution in [0.3, 0.4) is 0 Å². The molecule has 108 valence electrons. The normalized spacial score (nSPS) is 26.7. The SMILES string of the molecule is Cc1nc([C@H]2C[C@@H]3C[C@@H]3C2)c(-c2ccc(Cl)cc2)c(=O)[nH]1. The van der Waals surface area contributed by atoms with Crippen molar-refractivity contribution in [2.45, 2.75) is 32.1 Å². The van der Waals surface area contributed by atoms with E-state index in [4.69, 9.17) is 11.6 Å². The molecule has 21 heavy (non-hydrogen) atoms. The number of aromatic nitrogens is 2. The second-order valence-electron chi connectivity index (χ2n) is 6.34. The summed E-state index contributed by atoms with van der Waals surface area (Å²) in [5.74, 6) is 2.87. The third-order valence-electron chi connectivity index (χ3n) is 4.83. The van der Waals surface area contributed by atoms with Crippen LogP contribution < -0.4 is 5.56 Å². The highest BCUT2D eigenvalue weighted by Gasteiger charge is 2.47. The Bertz CT molecular complexity index is 740. The summed E-state index contributed by atoms with van der Waals surface area (Å²) in [4.78, 5) is 20.0. The van der Waals surface area contributed by atoms with Gasteiger partial charge in [-0.1, -0.05) is 23.7 Å². The summed E-state index contributed by atoms with van der Waals surface area (Å²) in [5.41, 5.74) is 2.57. The zero-order valence-corrected chi connectivity index (χ0v) is 12.7. The van der Waals surface area contributed by atoms with Crippen LogP contribution in [0.5, 0.6) is 0 Å². The largest absolute Gasteiger partial charge is 0.310 e. The molecule has 3 atom stereocenters. The molecular weight excluding hydrogens is 284 g/mol. The number of nitrogens with zero attached hydrogens (tertiary/aromatic N) is 1. The molecule has 0 bridgehead atoms. The molecule has 2 aromatic rings. The first-order valence-electron chi connectivity index (χ1n) is 7.48. The average molecular weight is 301 g/mol. The topological polar surface area (TPSA) is 45.8 Å². The highest BCUT2D eigenvalue weighted by Crippen LogP contribution is 2.57. The third-order valence-corrected chi connectivity index (χ3v) is 5.08. The molecule has 3 nitrogen and oxygen atoms in total. The molecule has 2 aliphatic carbocycles. The van der Waals surface area contributed by atoms with Gasteiger partial charge >= 0.3 is 0 Å². The maximum atomic E-state index is 12.5. The molecule has 0 saturated heterocycles. The Kier molecular flexibility index (Phi) is 2.93. The van der Waals surface area contributed by atoms with Gasteiger partial charge in [0.05, 0.1) is 11.3 Å². The Morgan fingerprint density at radius 3 is 2.48 bits per heavy atom. The van der Waals surface area contributed by atoms with Gasteiger partial charge in [0.25, 0.3) is 5.56 Å². The minimum atomic E-state index is -0.0413. The van der Waals surface area contributed by atoms with Crippen LogP contribution >= 0.6 is 11.6 Å². The number of aryl methyl sites for hydroxylation is 1. The van der Waals surface area contributed by atoms with Crippen molar-refractivity contribution in [1.82, 2.24) is 9.97 Å². The fourth-order valence-electron chi connectivity index (χ4n) is 3.74. The lowest BCUT2D eigenvalue weighted by Crippen LogP contribution is -2.18. The number of H-pyrrole nitrogens is 1. The van der Waals surface area contributed by atoms with E-state index in [0.29, 0.717) is 16.8 Å². The molecule has 0 radical (unpaired) electrons. The van der Waals surface area contributed by atoms with Gasteiger partial charge in [0.1, 0.15) is 5.82 Å². The van der Waals surface area contributed by atoms with Gasteiger partial charge in [-0.3, -0.25) is 4.79 Å². The predicted molar refractivity (Wildman–Crippen MR) is 83.6 cm³/mol. The van der Waals surface area contributed by atoms with Gasteiger partial charge in [-0.2, -0.15) is 0 Å². The molecule has 4 heteroatoms. The van der Waals surface area contributed by atoms with Gasteiger partial charge in [0, 0.05) is 10.9 Å². The molecule has 1 heterocycles. The Morgan fingerprint density at radius 1 is 1.14 bits per heavy atom. The van der Waals surface area contributed by atoms with E-state index in [-0.39, 0.29) is 5.56 Å². The molecule has 1 N–H and O–H groups in total. The molecule has 0 amide bonds. The van der Waals surface area contributed by atoms with Gasteiger partial charge in [-0.15, -0.1) is 0 Å². The first kappa shape index (κ1) is 13.1. The van der Waals surface area contributed by atoms with E-state index in [1.165, 1.54) is 19.3 Å². The zero-order valence-electron chi connectivity index (χ0n) is 11.9. The van der Waals surface area contributed by atoms with Crippen LogP contribution in [0.4, 0.5) is 0 Å². The first-order chi connectivity index (χ1) is 10.1. The van der Waals surface area contributed by atoms with Gasteiger partial charge < -0.3 is 4.98 Å². The summed E-state index contributed by atoms with van der Waals surface area (Å²) >= 11 is 5.95. The van der Waals surface area contributed by atoms with Crippen LogP contribution in [0.1, 0.15) is 36.7 Å². The van der Waals surface area contributed by atoms with Crippen molar-refractivity contribution in [2.24, 2.45) is 11.8 Å². The Hall–Kier alpha value is -1.61. The van der Waals surface area contributed by atoms with E-state index in [1.54, 1.807) is 0 Å². The highest BCUT2D eigenvalue weighted by atomic mass is 35.5. The number of halogens is 1. The van der Waals surface area contributed by atoms with E-state index < -0.39 is 0 Å². The predicted octanol–water partition coefficient (Wildman–Crippen LogP) is 3.91. The van der Waals surface area contributed by atoms with Crippen LogP contribution in [-0.4, -0.2) is 9.97 Å². The quantitative estimate of drug-likeness (QED) is 0.914. The van der Waals surface area contributed by atoms with Gasteiger partial charge in [-0.25, -0.2) is 4.98 Å². The zero-order chi connectivity index (χ0) is 14.6. The summed E-state index contributed by atoms with van der Waals surface area (Å²) in [6, 6.07) is 7.46. The number of fused-ring (bicyclic) bond motifs is 1. The van der Waals surface area contributed by atoms with Crippen LogP contribution in [0.15, 0.2) is 29.1 Å².